The number of nitrogens with one attached hydrogen (secondary N) is 2. The molecule has 0 radical (unpaired) electrons. The largest absolute Gasteiger partial charge is 0.484 e. The number of ether oxygens (including phenoxy) is 1. The lowest BCUT2D eigenvalue weighted by molar-refractivity contribution is -0.123. The lowest BCUT2D eigenvalue weighted by Gasteiger charge is -2.10. The molecule has 0 unspecified atom stereocenters. The van der Waals surface area contributed by atoms with E-state index in [-0.39, 0.29) is 12.5 Å². The van der Waals surface area contributed by atoms with Crippen LogP contribution in [0.5, 0.6) is 5.75 Å². The first-order chi connectivity index (χ1) is 11.3. The minimum absolute atomic E-state index is 0.172. The molecule has 0 bridgehead atoms. The minimum atomic E-state index is -0.427. The smallest absolute Gasteiger partial charge is 0.276 e. The van der Waals surface area contributed by atoms with Gasteiger partial charge in [0.1, 0.15) is 5.75 Å². The third-order valence-corrected chi connectivity index (χ3v) is 4.48. The maximum absolute atomic E-state index is 12.0. The predicted octanol–water partition coefficient (Wildman–Crippen LogP) is 3.06. The average molecular weight is 438 g/mol. The molecule has 0 aliphatic heterocycles. The van der Waals surface area contributed by atoms with E-state index in [1.807, 2.05) is 45.0 Å². The van der Waals surface area contributed by atoms with Crippen molar-refractivity contribution in [2.75, 3.05) is 6.61 Å². The van der Waals surface area contributed by atoms with Crippen LogP contribution in [0.3, 0.4) is 0 Å². The molecule has 0 aliphatic carbocycles. The molecule has 0 fully saturated rings. The molecule has 0 atom stereocenters. The van der Waals surface area contributed by atoms with E-state index >= 15 is 0 Å². The summed E-state index contributed by atoms with van der Waals surface area (Å²) >= 11 is 2.16. The van der Waals surface area contributed by atoms with Gasteiger partial charge in [-0.15, -0.1) is 0 Å². The Morgan fingerprint density at radius 1 is 1.00 bits per heavy atom. The van der Waals surface area contributed by atoms with Gasteiger partial charge in [-0.05, 0) is 84.3 Å². The van der Waals surface area contributed by atoms with Crippen molar-refractivity contribution in [2.45, 2.75) is 20.8 Å². The van der Waals surface area contributed by atoms with Gasteiger partial charge in [0.2, 0.25) is 0 Å². The van der Waals surface area contributed by atoms with Gasteiger partial charge in [-0.25, -0.2) is 0 Å². The van der Waals surface area contributed by atoms with Crippen LogP contribution < -0.4 is 15.6 Å². The van der Waals surface area contributed by atoms with Crippen LogP contribution >= 0.6 is 22.6 Å². The molecule has 0 aliphatic rings. The molecule has 2 aromatic rings. The summed E-state index contributed by atoms with van der Waals surface area (Å²) in [7, 11) is 0. The first-order valence-electron chi connectivity index (χ1n) is 7.41. The Balaban J connectivity index is 1.84. The van der Waals surface area contributed by atoms with E-state index in [1.165, 1.54) is 0 Å². The summed E-state index contributed by atoms with van der Waals surface area (Å²) in [5.41, 5.74) is 8.44. The Morgan fingerprint density at radius 3 is 2.29 bits per heavy atom. The molecule has 0 saturated carbocycles. The van der Waals surface area contributed by atoms with Gasteiger partial charge in [0.15, 0.2) is 6.61 Å². The first-order valence-corrected chi connectivity index (χ1v) is 8.49. The molecule has 5 nitrogen and oxygen atoms in total. The first kappa shape index (κ1) is 18.3. The molecular formula is C18H19IN2O3. The maximum atomic E-state index is 12.0. The summed E-state index contributed by atoms with van der Waals surface area (Å²) in [5, 5.41) is 0. The van der Waals surface area contributed by atoms with Gasteiger partial charge in [-0.3, -0.25) is 20.4 Å². The Morgan fingerprint density at radius 2 is 1.67 bits per heavy atom. The molecule has 2 rings (SSSR count). The number of hydrogen-bond acceptors (Lipinski definition) is 3. The predicted molar refractivity (Wildman–Crippen MR) is 101 cm³/mol. The summed E-state index contributed by atoms with van der Waals surface area (Å²) in [5.74, 6) is -0.168. The fourth-order valence-corrected chi connectivity index (χ4v) is 2.65. The second-order valence-electron chi connectivity index (χ2n) is 5.58. The van der Waals surface area contributed by atoms with Crippen LogP contribution in [0, 0.1) is 24.3 Å². The zero-order valence-corrected chi connectivity index (χ0v) is 15.9. The van der Waals surface area contributed by atoms with Crippen LogP contribution in [0.1, 0.15) is 27.0 Å². The van der Waals surface area contributed by atoms with E-state index < -0.39 is 5.91 Å². The van der Waals surface area contributed by atoms with Gasteiger partial charge >= 0.3 is 0 Å². The van der Waals surface area contributed by atoms with Crippen LogP contribution in [-0.4, -0.2) is 18.4 Å². The Kier molecular flexibility index (Phi) is 6.19. The highest BCUT2D eigenvalue weighted by Crippen LogP contribution is 2.16. The van der Waals surface area contributed by atoms with Crippen molar-refractivity contribution >= 4 is 34.4 Å². The van der Waals surface area contributed by atoms with Gasteiger partial charge in [0.05, 0.1) is 0 Å². The quantitative estimate of drug-likeness (QED) is 0.570. The zero-order chi connectivity index (χ0) is 17.7. The Hall–Kier alpha value is -2.09. The molecule has 126 valence electrons. The van der Waals surface area contributed by atoms with Crippen LogP contribution in [0.25, 0.3) is 0 Å². The highest BCUT2D eigenvalue weighted by atomic mass is 127. The van der Waals surface area contributed by atoms with E-state index in [4.69, 9.17) is 4.74 Å². The second kappa shape index (κ2) is 8.14. The summed E-state index contributed by atoms with van der Waals surface area (Å²) in [6.45, 7) is 5.72. The zero-order valence-electron chi connectivity index (χ0n) is 13.8. The summed E-state index contributed by atoms with van der Waals surface area (Å²) in [6, 6.07) is 11.1. The summed E-state index contributed by atoms with van der Waals surface area (Å²) in [6.07, 6.45) is 0. The highest BCUT2D eigenvalue weighted by Gasteiger charge is 2.09. The number of amides is 2. The van der Waals surface area contributed by atoms with E-state index in [2.05, 4.69) is 33.4 Å². The van der Waals surface area contributed by atoms with Crippen molar-refractivity contribution in [2.24, 2.45) is 0 Å². The van der Waals surface area contributed by atoms with Gasteiger partial charge in [0.25, 0.3) is 11.8 Å². The fraction of sp³-hybridized carbons (Fsp3) is 0.222. The second-order valence-corrected chi connectivity index (χ2v) is 6.74. The maximum Gasteiger partial charge on any atom is 0.276 e. The van der Waals surface area contributed by atoms with Crippen molar-refractivity contribution in [3.8, 4) is 5.75 Å². The molecule has 0 saturated heterocycles. The number of hydrogen-bond donors (Lipinski definition) is 2. The Labute approximate surface area is 154 Å². The Bertz CT molecular complexity index is 755. The normalized spacial score (nSPS) is 10.2. The topological polar surface area (TPSA) is 67.4 Å². The van der Waals surface area contributed by atoms with Crippen molar-refractivity contribution in [1.29, 1.82) is 0 Å². The van der Waals surface area contributed by atoms with E-state index in [1.54, 1.807) is 12.1 Å². The molecule has 6 heteroatoms. The van der Waals surface area contributed by atoms with E-state index in [0.717, 1.165) is 20.3 Å². The SMILES string of the molecule is Cc1cc(C)cc(OCC(=O)NNC(=O)c2ccc(C)c(I)c2)c1. The lowest BCUT2D eigenvalue weighted by Crippen LogP contribution is -2.43. The van der Waals surface area contributed by atoms with Crippen molar-refractivity contribution in [1.82, 2.24) is 10.9 Å². The van der Waals surface area contributed by atoms with Gasteiger partial charge in [-0.2, -0.15) is 0 Å². The van der Waals surface area contributed by atoms with Crippen molar-refractivity contribution in [3.05, 3.63) is 62.2 Å². The number of carbonyl (C=O) groups is 2. The minimum Gasteiger partial charge on any atom is -0.484 e. The number of aryl methyl sites for hydroxylation is 3. The number of hydrazine groups is 1. The van der Waals surface area contributed by atoms with Crippen molar-refractivity contribution < 1.29 is 14.3 Å². The molecule has 24 heavy (non-hydrogen) atoms. The van der Waals surface area contributed by atoms with E-state index in [0.29, 0.717) is 11.3 Å². The average Bonchev–Trinajstić information content (AvgIpc) is 2.52. The van der Waals surface area contributed by atoms with Crippen molar-refractivity contribution in [3.63, 3.8) is 0 Å². The standard InChI is InChI=1S/C18H19IN2O3/c1-11-6-12(2)8-15(7-11)24-10-17(22)20-21-18(23)14-5-4-13(3)16(19)9-14/h4-9H,10H2,1-3H3,(H,20,22)(H,21,23). The number of halogens is 1. The molecular weight excluding hydrogens is 419 g/mol. The summed E-state index contributed by atoms with van der Waals surface area (Å²) < 4.78 is 6.43. The van der Waals surface area contributed by atoms with Gasteiger partial charge in [-0.1, -0.05) is 12.1 Å². The molecule has 0 heterocycles. The van der Waals surface area contributed by atoms with Crippen LogP contribution in [0.4, 0.5) is 0 Å². The lowest BCUT2D eigenvalue weighted by atomic mass is 10.1. The monoisotopic (exact) mass is 438 g/mol. The van der Waals surface area contributed by atoms with Gasteiger partial charge < -0.3 is 4.74 Å². The number of rotatable bonds is 4. The number of benzene rings is 2. The summed E-state index contributed by atoms with van der Waals surface area (Å²) in [4.78, 5) is 23.8. The molecule has 0 spiro atoms. The molecule has 0 aromatic heterocycles. The number of carbonyl (C=O) groups excluding carboxylic acids is 2. The molecule has 2 aromatic carbocycles. The molecule has 2 N–H and O–H groups in total. The van der Waals surface area contributed by atoms with Crippen LogP contribution in [0.15, 0.2) is 36.4 Å². The third kappa shape index (κ3) is 5.23. The third-order valence-electron chi connectivity index (χ3n) is 3.31. The molecule has 2 amide bonds. The highest BCUT2D eigenvalue weighted by molar-refractivity contribution is 14.1. The van der Waals surface area contributed by atoms with Crippen LogP contribution in [-0.2, 0) is 4.79 Å². The van der Waals surface area contributed by atoms with Gasteiger partial charge in [0, 0.05) is 9.13 Å². The van der Waals surface area contributed by atoms with E-state index in [9.17, 15) is 9.59 Å². The van der Waals surface area contributed by atoms with Crippen LogP contribution in [0.2, 0.25) is 0 Å². The fourth-order valence-electron chi connectivity index (χ4n) is 2.13.